The molecule has 1 aromatic carbocycles. The number of morpholine rings is 1. The van der Waals surface area contributed by atoms with Crippen LogP contribution in [0.15, 0.2) is 18.2 Å². The van der Waals surface area contributed by atoms with E-state index in [1.54, 1.807) is 16.7 Å². The fourth-order valence-electron chi connectivity index (χ4n) is 3.59. The number of hydrogen-bond donors (Lipinski definition) is 1. The van der Waals surface area contributed by atoms with Gasteiger partial charge < -0.3 is 19.9 Å². The normalized spacial score (nSPS) is 21.3. The zero-order chi connectivity index (χ0) is 19.6. The van der Waals surface area contributed by atoms with Crippen LogP contribution in [-0.2, 0) is 19.1 Å². The van der Waals surface area contributed by atoms with E-state index in [1.807, 2.05) is 32.0 Å². The molecule has 3 amide bonds. The third kappa shape index (κ3) is 4.13. The van der Waals surface area contributed by atoms with Crippen LogP contribution in [0.1, 0.15) is 24.5 Å². The molecule has 0 aliphatic carbocycles. The number of hydrogen-bond acceptors (Lipinski definition) is 4. The second kappa shape index (κ2) is 8.08. The molecule has 2 fully saturated rings. The molecule has 0 radical (unpaired) electrons. The fourth-order valence-corrected chi connectivity index (χ4v) is 3.59. The number of ether oxygens (including phenoxy) is 1. The smallest absolute Gasteiger partial charge is 0.245 e. The van der Waals surface area contributed by atoms with E-state index in [0.717, 1.165) is 16.8 Å². The number of carbonyl (C=O) groups is 3. The molecule has 2 aliphatic heterocycles. The molecule has 146 valence electrons. The van der Waals surface area contributed by atoms with Gasteiger partial charge in [-0.2, -0.15) is 0 Å². The van der Waals surface area contributed by atoms with Gasteiger partial charge in [-0.1, -0.05) is 12.1 Å². The molecule has 0 spiro atoms. The van der Waals surface area contributed by atoms with E-state index in [-0.39, 0.29) is 24.1 Å². The maximum absolute atomic E-state index is 12.6. The van der Waals surface area contributed by atoms with Crippen LogP contribution < -0.4 is 10.2 Å². The zero-order valence-corrected chi connectivity index (χ0v) is 16.2. The molecule has 0 saturated carbocycles. The van der Waals surface area contributed by atoms with Crippen molar-refractivity contribution in [3.8, 4) is 0 Å². The molecular formula is C20H27N3O4. The number of nitrogens with zero attached hydrogens (tertiary/aromatic N) is 2. The van der Waals surface area contributed by atoms with Crippen LogP contribution in [0.2, 0.25) is 0 Å². The number of rotatable bonds is 4. The number of nitrogens with one attached hydrogen (secondary N) is 1. The number of anilines is 1. The Hall–Kier alpha value is -2.41. The number of carbonyl (C=O) groups excluding carboxylic acids is 3. The molecule has 1 N–H and O–H groups in total. The maximum atomic E-state index is 12.6. The summed E-state index contributed by atoms with van der Waals surface area (Å²) in [4.78, 5) is 41.0. The van der Waals surface area contributed by atoms with Gasteiger partial charge in [0.15, 0.2) is 0 Å². The van der Waals surface area contributed by atoms with Gasteiger partial charge in [0.25, 0.3) is 0 Å². The summed E-state index contributed by atoms with van der Waals surface area (Å²) in [6.45, 7) is 8.14. The summed E-state index contributed by atoms with van der Waals surface area (Å²) < 4.78 is 5.25. The first-order valence-electron chi connectivity index (χ1n) is 9.42. The Kier molecular flexibility index (Phi) is 5.79. The van der Waals surface area contributed by atoms with Crippen molar-refractivity contribution in [2.75, 3.05) is 37.7 Å². The highest BCUT2D eigenvalue weighted by Crippen LogP contribution is 2.29. The van der Waals surface area contributed by atoms with E-state index in [2.05, 4.69) is 5.32 Å². The standard InChI is InChI=1S/C20H27N3O4/c1-13-5-4-6-17(14(13)2)23-12-16(11-18(23)24)19(25)21-15(3)20(26)22-7-9-27-10-8-22/h4-6,15-16H,7-12H2,1-3H3,(H,21,25). The first-order chi connectivity index (χ1) is 12.9. The molecule has 2 saturated heterocycles. The maximum Gasteiger partial charge on any atom is 0.245 e. The van der Waals surface area contributed by atoms with E-state index in [0.29, 0.717) is 32.8 Å². The van der Waals surface area contributed by atoms with E-state index < -0.39 is 12.0 Å². The number of aryl methyl sites for hydroxylation is 1. The van der Waals surface area contributed by atoms with Crippen molar-refractivity contribution in [2.24, 2.45) is 5.92 Å². The lowest BCUT2D eigenvalue weighted by Crippen LogP contribution is -2.51. The topological polar surface area (TPSA) is 79.0 Å². The highest BCUT2D eigenvalue weighted by molar-refractivity contribution is 6.01. The minimum atomic E-state index is -0.611. The van der Waals surface area contributed by atoms with Gasteiger partial charge in [-0.25, -0.2) is 0 Å². The average molecular weight is 373 g/mol. The van der Waals surface area contributed by atoms with Gasteiger partial charge in [0.05, 0.1) is 19.1 Å². The highest BCUT2D eigenvalue weighted by atomic mass is 16.5. The highest BCUT2D eigenvalue weighted by Gasteiger charge is 2.37. The largest absolute Gasteiger partial charge is 0.378 e. The van der Waals surface area contributed by atoms with Crippen molar-refractivity contribution in [3.63, 3.8) is 0 Å². The van der Waals surface area contributed by atoms with Crippen LogP contribution in [0.4, 0.5) is 5.69 Å². The third-order valence-electron chi connectivity index (χ3n) is 5.41. The SMILES string of the molecule is Cc1cccc(N2CC(C(=O)NC(C)C(=O)N3CCOCC3)CC2=O)c1C. The minimum Gasteiger partial charge on any atom is -0.378 e. The first-order valence-corrected chi connectivity index (χ1v) is 9.42. The summed E-state index contributed by atoms with van der Waals surface area (Å²) >= 11 is 0. The van der Waals surface area contributed by atoms with Crippen LogP contribution in [-0.4, -0.2) is 61.5 Å². The lowest BCUT2D eigenvalue weighted by atomic mass is 10.1. The molecule has 7 nitrogen and oxygen atoms in total. The van der Waals surface area contributed by atoms with E-state index in [9.17, 15) is 14.4 Å². The van der Waals surface area contributed by atoms with Crippen molar-refractivity contribution in [2.45, 2.75) is 33.2 Å². The molecule has 2 heterocycles. The molecule has 27 heavy (non-hydrogen) atoms. The molecular weight excluding hydrogens is 346 g/mol. The second-order valence-electron chi connectivity index (χ2n) is 7.29. The molecule has 2 aliphatic rings. The van der Waals surface area contributed by atoms with Gasteiger partial charge in [0.1, 0.15) is 6.04 Å². The Bertz CT molecular complexity index is 743. The fraction of sp³-hybridized carbons (Fsp3) is 0.550. The summed E-state index contributed by atoms with van der Waals surface area (Å²) in [6, 6.07) is 5.22. The predicted octanol–water partition coefficient (Wildman–Crippen LogP) is 1.02. The van der Waals surface area contributed by atoms with Crippen molar-refractivity contribution in [1.82, 2.24) is 10.2 Å². The summed E-state index contributed by atoms with van der Waals surface area (Å²) in [7, 11) is 0. The Morgan fingerprint density at radius 2 is 1.93 bits per heavy atom. The Balaban J connectivity index is 1.62. The van der Waals surface area contributed by atoms with E-state index >= 15 is 0 Å². The van der Waals surface area contributed by atoms with Crippen molar-refractivity contribution < 1.29 is 19.1 Å². The monoisotopic (exact) mass is 373 g/mol. The molecule has 0 bridgehead atoms. The van der Waals surface area contributed by atoms with E-state index in [4.69, 9.17) is 4.74 Å². The van der Waals surface area contributed by atoms with Gasteiger partial charge in [0.2, 0.25) is 17.7 Å². The Labute approximate surface area is 159 Å². The third-order valence-corrected chi connectivity index (χ3v) is 5.41. The number of amides is 3. The summed E-state index contributed by atoms with van der Waals surface area (Å²) in [6.07, 6.45) is 0.164. The second-order valence-corrected chi connectivity index (χ2v) is 7.29. The van der Waals surface area contributed by atoms with Crippen LogP contribution in [0.25, 0.3) is 0 Å². The molecule has 7 heteroatoms. The lowest BCUT2D eigenvalue weighted by molar-refractivity contribution is -0.140. The first kappa shape index (κ1) is 19.4. The lowest BCUT2D eigenvalue weighted by Gasteiger charge is -2.29. The van der Waals surface area contributed by atoms with Crippen molar-refractivity contribution in [1.29, 1.82) is 0 Å². The Morgan fingerprint density at radius 3 is 2.63 bits per heavy atom. The molecule has 2 unspecified atom stereocenters. The summed E-state index contributed by atoms with van der Waals surface area (Å²) in [5.41, 5.74) is 3.01. The molecule has 1 aromatic rings. The summed E-state index contributed by atoms with van der Waals surface area (Å²) in [5.74, 6) is -0.860. The van der Waals surface area contributed by atoms with Gasteiger partial charge in [0, 0.05) is 31.7 Å². The number of benzene rings is 1. The van der Waals surface area contributed by atoms with Gasteiger partial charge in [-0.05, 0) is 38.0 Å². The molecule has 3 rings (SSSR count). The predicted molar refractivity (Wildman–Crippen MR) is 101 cm³/mol. The van der Waals surface area contributed by atoms with Crippen LogP contribution in [0.5, 0.6) is 0 Å². The zero-order valence-electron chi connectivity index (χ0n) is 16.2. The van der Waals surface area contributed by atoms with Crippen LogP contribution >= 0.6 is 0 Å². The van der Waals surface area contributed by atoms with E-state index in [1.165, 1.54) is 0 Å². The van der Waals surface area contributed by atoms with Gasteiger partial charge >= 0.3 is 0 Å². The molecule has 0 aromatic heterocycles. The van der Waals surface area contributed by atoms with Crippen molar-refractivity contribution in [3.05, 3.63) is 29.3 Å². The van der Waals surface area contributed by atoms with Gasteiger partial charge in [-0.3, -0.25) is 14.4 Å². The average Bonchev–Trinajstić information content (AvgIpc) is 3.05. The molecule has 2 atom stereocenters. The summed E-state index contributed by atoms with van der Waals surface area (Å²) in [5, 5.41) is 2.79. The van der Waals surface area contributed by atoms with Crippen LogP contribution in [0.3, 0.4) is 0 Å². The quantitative estimate of drug-likeness (QED) is 0.855. The van der Waals surface area contributed by atoms with Crippen LogP contribution in [0, 0.1) is 19.8 Å². The Morgan fingerprint density at radius 1 is 1.22 bits per heavy atom. The van der Waals surface area contributed by atoms with Gasteiger partial charge in [-0.15, -0.1) is 0 Å². The van der Waals surface area contributed by atoms with Crippen molar-refractivity contribution >= 4 is 23.4 Å². The minimum absolute atomic E-state index is 0.0593.